The summed E-state index contributed by atoms with van der Waals surface area (Å²) in [5.74, 6) is -0.284. The minimum absolute atomic E-state index is 0.0526. The van der Waals surface area contributed by atoms with Crippen molar-refractivity contribution in [1.82, 2.24) is 0 Å². The van der Waals surface area contributed by atoms with Gasteiger partial charge in [-0.2, -0.15) is 0 Å². The predicted molar refractivity (Wildman–Crippen MR) is 69.8 cm³/mol. The molecule has 0 heterocycles. The number of methoxy groups -OCH3 is 1. The maximum atomic E-state index is 10.8. The summed E-state index contributed by atoms with van der Waals surface area (Å²) in [4.78, 5) is 29.9. The van der Waals surface area contributed by atoms with Crippen molar-refractivity contribution in [3.05, 3.63) is 39.9 Å². The molecular weight excluding hydrogens is 250 g/mol. The van der Waals surface area contributed by atoms with Crippen molar-refractivity contribution in [3.63, 3.8) is 0 Å². The Kier molecular flexibility index (Phi) is 8.61. The number of aldehydes is 1. The van der Waals surface area contributed by atoms with Crippen molar-refractivity contribution in [2.24, 2.45) is 0 Å². The Morgan fingerprint density at radius 3 is 2.26 bits per heavy atom. The number of rotatable bonds is 5. The summed E-state index contributed by atoms with van der Waals surface area (Å²) in [6.45, 7) is 1.81. The standard InChI is InChI=1S/C10H11NO4.C3H6O/c1-15-10(12)7-4-8-2-5-9(6-3-8)11(13)14;1-2-3-4/h2-3,5-6H,4,7H2,1H3;3H,2H2,1H3. The molecule has 0 saturated carbocycles. The van der Waals surface area contributed by atoms with Gasteiger partial charge in [0.25, 0.3) is 5.69 Å². The summed E-state index contributed by atoms with van der Waals surface area (Å²) in [6, 6.07) is 6.13. The largest absolute Gasteiger partial charge is 0.469 e. The van der Waals surface area contributed by atoms with E-state index in [0.717, 1.165) is 11.8 Å². The number of nitro groups is 1. The maximum absolute atomic E-state index is 10.8. The number of esters is 1. The Labute approximate surface area is 111 Å². The number of carbonyl (C=O) groups is 2. The van der Waals surface area contributed by atoms with Crippen molar-refractivity contribution >= 4 is 17.9 Å². The van der Waals surface area contributed by atoms with Gasteiger partial charge in [-0.3, -0.25) is 14.9 Å². The summed E-state index contributed by atoms with van der Waals surface area (Å²) in [5.41, 5.74) is 0.933. The fourth-order valence-corrected chi connectivity index (χ4v) is 1.13. The number of carbonyl (C=O) groups excluding carboxylic acids is 2. The van der Waals surface area contributed by atoms with Crippen molar-refractivity contribution in [1.29, 1.82) is 0 Å². The number of hydrogen-bond donors (Lipinski definition) is 0. The van der Waals surface area contributed by atoms with Gasteiger partial charge in [0.05, 0.1) is 12.0 Å². The number of non-ortho nitro benzene ring substituents is 1. The molecule has 0 fully saturated rings. The van der Waals surface area contributed by atoms with E-state index in [4.69, 9.17) is 0 Å². The van der Waals surface area contributed by atoms with Gasteiger partial charge in [0.1, 0.15) is 6.29 Å². The maximum Gasteiger partial charge on any atom is 0.305 e. The van der Waals surface area contributed by atoms with Crippen LogP contribution in [0.15, 0.2) is 24.3 Å². The highest BCUT2D eigenvalue weighted by atomic mass is 16.6. The van der Waals surface area contributed by atoms with Gasteiger partial charge < -0.3 is 9.53 Å². The van der Waals surface area contributed by atoms with E-state index >= 15 is 0 Å². The van der Waals surface area contributed by atoms with E-state index in [1.165, 1.54) is 19.2 Å². The molecular formula is C13H17NO5. The van der Waals surface area contributed by atoms with E-state index in [1.54, 1.807) is 12.1 Å². The van der Waals surface area contributed by atoms with Crippen LogP contribution >= 0.6 is 0 Å². The Morgan fingerprint density at radius 1 is 1.37 bits per heavy atom. The van der Waals surface area contributed by atoms with Crippen LogP contribution < -0.4 is 0 Å². The lowest BCUT2D eigenvalue weighted by molar-refractivity contribution is -0.384. The average Bonchev–Trinajstić information content (AvgIpc) is 2.45. The van der Waals surface area contributed by atoms with Crippen molar-refractivity contribution in [2.75, 3.05) is 7.11 Å². The van der Waals surface area contributed by atoms with E-state index in [1.807, 2.05) is 6.92 Å². The van der Waals surface area contributed by atoms with Crippen LogP contribution in [0.5, 0.6) is 0 Å². The molecule has 1 aromatic rings. The topological polar surface area (TPSA) is 86.5 Å². The van der Waals surface area contributed by atoms with Gasteiger partial charge in [-0.05, 0) is 12.0 Å². The molecule has 0 aliphatic heterocycles. The summed E-state index contributed by atoms with van der Waals surface area (Å²) < 4.78 is 4.49. The van der Waals surface area contributed by atoms with Crippen LogP contribution in [0.4, 0.5) is 5.69 Å². The number of ether oxygens (including phenoxy) is 1. The summed E-state index contributed by atoms with van der Waals surface area (Å²) in [7, 11) is 1.33. The Hall–Kier alpha value is -2.24. The third kappa shape index (κ3) is 7.64. The predicted octanol–water partition coefficient (Wildman–Crippen LogP) is 2.30. The molecule has 0 radical (unpaired) electrons. The Balaban J connectivity index is 0.000000711. The molecule has 0 amide bonds. The van der Waals surface area contributed by atoms with Crippen LogP contribution in [0.3, 0.4) is 0 Å². The summed E-state index contributed by atoms with van der Waals surface area (Å²) in [6.07, 6.45) is 2.33. The zero-order valence-electron chi connectivity index (χ0n) is 11.0. The molecule has 1 aromatic carbocycles. The van der Waals surface area contributed by atoms with Gasteiger partial charge >= 0.3 is 5.97 Å². The van der Waals surface area contributed by atoms with Gasteiger partial charge in [-0.1, -0.05) is 19.1 Å². The van der Waals surface area contributed by atoms with Crippen LogP contribution in [-0.2, 0) is 20.7 Å². The van der Waals surface area contributed by atoms with Gasteiger partial charge in [-0.25, -0.2) is 0 Å². The van der Waals surface area contributed by atoms with Gasteiger partial charge in [0.2, 0.25) is 0 Å². The SMILES string of the molecule is CCC=O.COC(=O)CCc1ccc([N+](=O)[O-])cc1. The molecule has 0 saturated heterocycles. The molecule has 0 unspecified atom stereocenters. The molecule has 0 bridgehead atoms. The smallest absolute Gasteiger partial charge is 0.305 e. The van der Waals surface area contributed by atoms with Gasteiger partial charge in [0.15, 0.2) is 0 Å². The van der Waals surface area contributed by atoms with Crippen LogP contribution in [-0.4, -0.2) is 24.3 Å². The van der Waals surface area contributed by atoms with E-state index in [2.05, 4.69) is 4.74 Å². The molecule has 0 aliphatic carbocycles. The summed E-state index contributed by atoms with van der Waals surface area (Å²) in [5, 5.41) is 10.4. The number of hydrogen-bond acceptors (Lipinski definition) is 5. The minimum atomic E-state index is -0.454. The Bertz CT molecular complexity index is 414. The van der Waals surface area contributed by atoms with Gasteiger partial charge in [-0.15, -0.1) is 0 Å². The van der Waals surface area contributed by atoms with Crippen LogP contribution in [0.25, 0.3) is 0 Å². The normalized spacial score (nSPS) is 8.95. The molecule has 6 nitrogen and oxygen atoms in total. The van der Waals surface area contributed by atoms with Crippen LogP contribution in [0.2, 0.25) is 0 Å². The minimum Gasteiger partial charge on any atom is -0.469 e. The fourth-order valence-electron chi connectivity index (χ4n) is 1.13. The zero-order chi connectivity index (χ0) is 14.7. The number of nitro benzene ring substituents is 1. The van der Waals surface area contributed by atoms with E-state index in [0.29, 0.717) is 12.8 Å². The number of benzene rings is 1. The Morgan fingerprint density at radius 2 is 1.89 bits per heavy atom. The van der Waals surface area contributed by atoms with E-state index in [-0.39, 0.29) is 18.1 Å². The highest BCUT2D eigenvalue weighted by molar-refractivity contribution is 5.69. The third-order valence-corrected chi connectivity index (χ3v) is 2.16. The first-order chi connectivity index (χ1) is 9.04. The summed E-state index contributed by atoms with van der Waals surface area (Å²) >= 11 is 0. The molecule has 104 valence electrons. The lowest BCUT2D eigenvalue weighted by atomic mass is 10.1. The molecule has 1 rings (SSSR count). The molecule has 6 heteroatoms. The van der Waals surface area contributed by atoms with Crippen molar-refractivity contribution in [3.8, 4) is 0 Å². The zero-order valence-corrected chi connectivity index (χ0v) is 11.0. The molecule has 0 aromatic heterocycles. The van der Waals surface area contributed by atoms with Crippen LogP contribution in [0, 0.1) is 10.1 Å². The molecule has 0 aliphatic rings. The number of nitrogens with zero attached hydrogens (tertiary/aromatic N) is 1. The first-order valence-electron chi connectivity index (χ1n) is 5.78. The van der Waals surface area contributed by atoms with Crippen molar-refractivity contribution in [2.45, 2.75) is 26.2 Å². The number of aryl methyl sites for hydroxylation is 1. The molecule has 19 heavy (non-hydrogen) atoms. The highest BCUT2D eigenvalue weighted by Crippen LogP contribution is 2.13. The average molecular weight is 267 g/mol. The quantitative estimate of drug-likeness (QED) is 0.353. The lowest BCUT2D eigenvalue weighted by Gasteiger charge is -1.99. The van der Waals surface area contributed by atoms with Crippen molar-refractivity contribution < 1.29 is 19.2 Å². The second kappa shape index (κ2) is 9.76. The van der Waals surface area contributed by atoms with E-state index < -0.39 is 4.92 Å². The molecule has 0 spiro atoms. The first kappa shape index (κ1) is 16.8. The van der Waals surface area contributed by atoms with E-state index in [9.17, 15) is 19.7 Å². The molecule has 0 N–H and O–H groups in total. The molecule has 0 atom stereocenters. The second-order valence-electron chi connectivity index (χ2n) is 3.57. The second-order valence-corrected chi connectivity index (χ2v) is 3.57. The monoisotopic (exact) mass is 267 g/mol. The third-order valence-electron chi connectivity index (χ3n) is 2.16. The van der Waals surface area contributed by atoms with Gasteiger partial charge in [0, 0.05) is 25.0 Å². The highest BCUT2D eigenvalue weighted by Gasteiger charge is 2.05. The first-order valence-corrected chi connectivity index (χ1v) is 5.78. The van der Waals surface area contributed by atoms with Crippen LogP contribution in [0.1, 0.15) is 25.3 Å². The lowest BCUT2D eigenvalue weighted by Crippen LogP contribution is -2.01. The fraction of sp³-hybridized carbons (Fsp3) is 0.385.